The van der Waals surface area contributed by atoms with Gasteiger partial charge in [-0.25, -0.2) is 0 Å². The average Bonchev–Trinajstić information content (AvgIpc) is 2.62. The van der Waals surface area contributed by atoms with Crippen molar-refractivity contribution in [1.29, 1.82) is 0 Å². The highest BCUT2D eigenvalue weighted by molar-refractivity contribution is 5.37. The highest BCUT2D eigenvalue weighted by atomic mass is 15.0. The Hall–Kier alpha value is -2.04. The molecule has 0 heterocycles. The highest BCUT2D eigenvalue weighted by Crippen LogP contribution is 2.33. The molecule has 23 heavy (non-hydrogen) atoms. The molecule has 0 saturated heterocycles. The Kier molecular flexibility index (Phi) is 5.16. The number of hydrogen-bond donors (Lipinski definition) is 1. The van der Waals surface area contributed by atoms with E-state index in [9.17, 15) is 0 Å². The van der Waals surface area contributed by atoms with Crippen molar-refractivity contribution >= 4 is 0 Å². The number of hydrogen-bond acceptors (Lipinski definition) is 1. The second-order valence-corrected chi connectivity index (χ2v) is 6.57. The normalized spacial score (nSPS) is 23.8. The molecular weight excluding hydrogens is 278 g/mol. The first kappa shape index (κ1) is 15.8. The molecule has 1 aliphatic carbocycles. The topological polar surface area (TPSA) is 12.0 Å². The SMILES string of the molecule is C[C@@H]1CCCC[C@@]1(C#Cc1ccccc1)NCc1ccccc1. The average molecular weight is 303 g/mol. The van der Waals surface area contributed by atoms with Gasteiger partial charge in [-0.1, -0.05) is 80.1 Å². The molecule has 0 amide bonds. The van der Waals surface area contributed by atoms with Crippen LogP contribution < -0.4 is 5.32 Å². The van der Waals surface area contributed by atoms with E-state index in [0.29, 0.717) is 5.92 Å². The lowest BCUT2D eigenvalue weighted by molar-refractivity contribution is 0.213. The predicted octanol–water partition coefficient (Wildman–Crippen LogP) is 4.78. The fourth-order valence-corrected chi connectivity index (χ4v) is 3.40. The van der Waals surface area contributed by atoms with Gasteiger partial charge < -0.3 is 0 Å². The molecule has 1 fully saturated rings. The lowest BCUT2D eigenvalue weighted by Gasteiger charge is -2.39. The van der Waals surface area contributed by atoms with Gasteiger partial charge in [-0.15, -0.1) is 0 Å². The van der Waals surface area contributed by atoms with Crippen LogP contribution in [0.1, 0.15) is 43.7 Å². The van der Waals surface area contributed by atoms with Gasteiger partial charge in [0.05, 0.1) is 5.54 Å². The molecule has 0 aliphatic heterocycles. The maximum Gasteiger partial charge on any atom is 0.0833 e. The van der Waals surface area contributed by atoms with Crippen molar-refractivity contribution in [3.05, 3.63) is 71.8 Å². The molecule has 2 atom stereocenters. The van der Waals surface area contributed by atoms with Crippen molar-refractivity contribution < 1.29 is 0 Å². The fraction of sp³-hybridized carbons (Fsp3) is 0.364. The van der Waals surface area contributed by atoms with Crippen LogP contribution in [-0.2, 0) is 6.54 Å². The molecule has 0 radical (unpaired) electrons. The Morgan fingerprint density at radius 2 is 1.70 bits per heavy atom. The van der Waals surface area contributed by atoms with Crippen LogP contribution in [-0.4, -0.2) is 5.54 Å². The summed E-state index contributed by atoms with van der Waals surface area (Å²) in [6.07, 6.45) is 4.98. The zero-order valence-electron chi connectivity index (χ0n) is 13.9. The van der Waals surface area contributed by atoms with Crippen LogP contribution in [0.15, 0.2) is 60.7 Å². The summed E-state index contributed by atoms with van der Waals surface area (Å²) in [6, 6.07) is 21.0. The molecule has 1 heteroatoms. The Morgan fingerprint density at radius 3 is 2.39 bits per heavy atom. The standard InChI is InChI=1S/C22H25N/c1-19-10-8-9-16-22(19,17-15-20-11-4-2-5-12-20)23-18-21-13-6-3-7-14-21/h2-7,11-14,19,23H,8-10,16,18H2,1H3/t19-,22+/m1/s1. The lowest BCUT2D eigenvalue weighted by Crippen LogP contribution is -2.50. The third kappa shape index (κ3) is 4.03. The minimum atomic E-state index is -0.0655. The van der Waals surface area contributed by atoms with Crippen LogP contribution in [0.2, 0.25) is 0 Å². The summed E-state index contributed by atoms with van der Waals surface area (Å²) in [5.41, 5.74) is 2.36. The van der Waals surface area contributed by atoms with Crippen molar-refractivity contribution in [3.8, 4) is 11.8 Å². The third-order valence-corrected chi connectivity index (χ3v) is 4.95. The first-order valence-corrected chi connectivity index (χ1v) is 8.66. The van der Waals surface area contributed by atoms with E-state index in [1.54, 1.807) is 0 Å². The van der Waals surface area contributed by atoms with Crippen LogP contribution in [0.25, 0.3) is 0 Å². The molecule has 0 spiro atoms. The van der Waals surface area contributed by atoms with Crippen LogP contribution in [0.3, 0.4) is 0 Å². The predicted molar refractivity (Wildman–Crippen MR) is 97.0 cm³/mol. The van der Waals surface area contributed by atoms with E-state index >= 15 is 0 Å². The van der Waals surface area contributed by atoms with Crippen molar-refractivity contribution in [2.75, 3.05) is 0 Å². The van der Waals surface area contributed by atoms with Crippen molar-refractivity contribution in [1.82, 2.24) is 5.32 Å². The summed E-state index contributed by atoms with van der Waals surface area (Å²) in [7, 11) is 0. The number of benzene rings is 2. The molecule has 1 aliphatic rings. The lowest BCUT2D eigenvalue weighted by atomic mass is 9.73. The van der Waals surface area contributed by atoms with E-state index in [-0.39, 0.29) is 5.54 Å². The smallest absolute Gasteiger partial charge is 0.0833 e. The van der Waals surface area contributed by atoms with E-state index in [0.717, 1.165) is 18.5 Å². The van der Waals surface area contributed by atoms with Gasteiger partial charge in [0.15, 0.2) is 0 Å². The van der Waals surface area contributed by atoms with Gasteiger partial charge in [0, 0.05) is 12.1 Å². The minimum absolute atomic E-state index is 0.0655. The third-order valence-electron chi connectivity index (χ3n) is 4.95. The maximum atomic E-state index is 3.80. The zero-order valence-corrected chi connectivity index (χ0v) is 13.9. The van der Waals surface area contributed by atoms with E-state index in [1.807, 2.05) is 6.07 Å². The van der Waals surface area contributed by atoms with Gasteiger partial charge in [0.2, 0.25) is 0 Å². The van der Waals surface area contributed by atoms with Crippen LogP contribution in [0, 0.1) is 17.8 Å². The van der Waals surface area contributed by atoms with Crippen molar-refractivity contribution in [3.63, 3.8) is 0 Å². The van der Waals surface area contributed by atoms with Crippen molar-refractivity contribution in [2.24, 2.45) is 5.92 Å². The highest BCUT2D eigenvalue weighted by Gasteiger charge is 2.36. The molecule has 2 aromatic rings. The Labute approximate surface area is 140 Å². The minimum Gasteiger partial charge on any atom is -0.297 e. The first-order chi connectivity index (χ1) is 11.3. The Morgan fingerprint density at radius 1 is 1.00 bits per heavy atom. The summed E-state index contributed by atoms with van der Waals surface area (Å²) in [5.74, 6) is 7.60. The molecular formula is C22H25N. The van der Waals surface area contributed by atoms with E-state index in [2.05, 4.69) is 78.7 Å². The molecule has 1 nitrogen and oxygen atoms in total. The van der Waals surface area contributed by atoms with Crippen LogP contribution >= 0.6 is 0 Å². The van der Waals surface area contributed by atoms with Crippen LogP contribution in [0.4, 0.5) is 0 Å². The molecule has 0 aromatic heterocycles. The summed E-state index contributed by atoms with van der Waals surface area (Å²) < 4.78 is 0. The van der Waals surface area contributed by atoms with Crippen LogP contribution in [0.5, 0.6) is 0 Å². The quantitative estimate of drug-likeness (QED) is 0.805. The van der Waals surface area contributed by atoms with E-state index < -0.39 is 0 Å². The molecule has 0 bridgehead atoms. The molecule has 1 saturated carbocycles. The monoisotopic (exact) mass is 303 g/mol. The largest absolute Gasteiger partial charge is 0.297 e. The molecule has 118 valence electrons. The van der Waals surface area contributed by atoms with Gasteiger partial charge in [0.1, 0.15) is 0 Å². The summed E-state index contributed by atoms with van der Waals surface area (Å²) in [4.78, 5) is 0. The number of rotatable bonds is 3. The van der Waals surface area contributed by atoms with E-state index in [1.165, 1.54) is 24.8 Å². The fourth-order valence-electron chi connectivity index (χ4n) is 3.40. The van der Waals surface area contributed by atoms with Crippen molar-refractivity contribution in [2.45, 2.75) is 44.7 Å². The molecule has 0 unspecified atom stereocenters. The summed E-state index contributed by atoms with van der Waals surface area (Å²) >= 11 is 0. The van der Waals surface area contributed by atoms with Gasteiger partial charge >= 0.3 is 0 Å². The molecule has 3 rings (SSSR count). The number of nitrogens with one attached hydrogen (secondary N) is 1. The van der Waals surface area contributed by atoms with Gasteiger partial charge in [0.25, 0.3) is 0 Å². The second-order valence-electron chi connectivity index (χ2n) is 6.57. The van der Waals surface area contributed by atoms with E-state index in [4.69, 9.17) is 0 Å². The Balaban J connectivity index is 1.81. The van der Waals surface area contributed by atoms with Gasteiger partial charge in [-0.05, 0) is 36.5 Å². The maximum absolute atomic E-state index is 3.80. The first-order valence-electron chi connectivity index (χ1n) is 8.66. The second kappa shape index (κ2) is 7.49. The van der Waals surface area contributed by atoms with Gasteiger partial charge in [-0.2, -0.15) is 0 Å². The van der Waals surface area contributed by atoms with Gasteiger partial charge in [-0.3, -0.25) is 5.32 Å². The molecule has 2 aromatic carbocycles. The zero-order chi connectivity index (χ0) is 16.0. The molecule has 1 N–H and O–H groups in total. The summed E-state index contributed by atoms with van der Waals surface area (Å²) in [6.45, 7) is 3.23. The summed E-state index contributed by atoms with van der Waals surface area (Å²) in [5, 5.41) is 3.80. The Bertz CT molecular complexity index is 665.